The van der Waals surface area contributed by atoms with Crippen molar-refractivity contribution < 1.29 is 19.1 Å². The molecule has 0 unspecified atom stereocenters. The first-order chi connectivity index (χ1) is 19.7. The second-order valence-electron chi connectivity index (χ2n) is 9.87. The predicted molar refractivity (Wildman–Crippen MR) is 154 cm³/mol. The number of carbonyl (C=O) groups is 2. The summed E-state index contributed by atoms with van der Waals surface area (Å²) in [5.74, 6) is 0.507. The third-order valence-electron chi connectivity index (χ3n) is 7.34. The Morgan fingerprint density at radius 1 is 0.800 bits per heavy atom. The summed E-state index contributed by atoms with van der Waals surface area (Å²) in [5, 5.41) is 0. The number of nitrogens with zero attached hydrogens (tertiary/aromatic N) is 3. The van der Waals surface area contributed by atoms with Gasteiger partial charge in [-0.2, -0.15) is 0 Å². The molecule has 2 amide bonds. The molecule has 0 N–H and O–H groups in total. The highest BCUT2D eigenvalue weighted by Gasteiger charge is 2.39. The fourth-order valence-corrected chi connectivity index (χ4v) is 5.33. The van der Waals surface area contributed by atoms with Crippen LogP contribution in [0.3, 0.4) is 0 Å². The van der Waals surface area contributed by atoms with Gasteiger partial charge in [-0.05, 0) is 47.5 Å². The van der Waals surface area contributed by atoms with E-state index in [1.54, 1.807) is 4.90 Å². The molecule has 0 radical (unpaired) electrons. The van der Waals surface area contributed by atoms with Crippen molar-refractivity contribution in [2.45, 2.75) is 12.7 Å². The van der Waals surface area contributed by atoms with Gasteiger partial charge in [0.15, 0.2) is 6.61 Å². The van der Waals surface area contributed by atoms with E-state index in [9.17, 15) is 9.59 Å². The SMILES string of the molecule is O=C(COc1ccc([C@@H]2N(Cc3ccccc3)c3ccccc3C(=O)N2c2ccccc2)cc1)N1CCOCC1. The van der Waals surface area contributed by atoms with Crippen LogP contribution in [0.4, 0.5) is 11.4 Å². The number of fused-ring (bicyclic) bond motifs is 1. The third-order valence-corrected chi connectivity index (χ3v) is 7.34. The monoisotopic (exact) mass is 533 g/mol. The minimum Gasteiger partial charge on any atom is -0.484 e. The van der Waals surface area contributed by atoms with Crippen LogP contribution < -0.4 is 14.5 Å². The van der Waals surface area contributed by atoms with Crippen LogP contribution >= 0.6 is 0 Å². The van der Waals surface area contributed by atoms with Crippen LogP contribution in [0, 0.1) is 0 Å². The van der Waals surface area contributed by atoms with Crippen LogP contribution in [-0.2, 0) is 16.1 Å². The highest BCUT2D eigenvalue weighted by molar-refractivity contribution is 6.12. The lowest BCUT2D eigenvalue weighted by Gasteiger charge is -2.46. The zero-order valence-corrected chi connectivity index (χ0v) is 22.2. The quantitative estimate of drug-likeness (QED) is 0.323. The number of benzene rings is 4. The molecule has 202 valence electrons. The van der Waals surface area contributed by atoms with Gasteiger partial charge < -0.3 is 19.3 Å². The third kappa shape index (κ3) is 5.28. The Morgan fingerprint density at radius 3 is 2.17 bits per heavy atom. The summed E-state index contributed by atoms with van der Waals surface area (Å²) >= 11 is 0. The van der Waals surface area contributed by atoms with E-state index >= 15 is 0 Å². The van der Waals surface area contributed by atoms with Crippen molar-refractivity contribution in [1.82, 2.24) is 4.90 Å². The van der Waals surface area contributed by atoms with E-state index < -0.39 is 6.17 Å². The van der Waals surface area contributed by atoms with Crippen molar-refractivity contribution in [1.29, 1.82) is 0 Å². The summed E-state index contributed by atoms with van der Waals surface area (Å²) in [4.78, 5) is 32.5. The maximum atomic E-state index is 14.0. The highest BCUT2D eigenvalue weighted by atomic mass is 16.5. The van der Waals surface area contributed by atoms with Crippen LogP contribution in [0.1, 0.15) is 27.7 Å². The number of morpholine rings is 1. The van der Waals surface area contributed by atoms with Gasteiger partial charge in [0, 0.05) is 25.3 Å². The van der Waals surface area contributed by atoms with Crippen molar-refractivity contribution in [2.24, 2.45) is 0 Å². The zero-order chi connectivity index (χ0) is 27.3. The maximum Gasteiger partial charge on any atom is 0.262 e. The van der Waals surface area contributed by atoms with Crippen LogP contribution in [0.15, 0.2) is 109 Å². The summed E-state index contributed by atoms with van der Waals surface area (Å²) in [6, 6.07) is 35.6. The van der Waals surface area contributed by atoms with Gasteiger partial charge in [-0.25, -0.2) is 0 Å². The second-order valence-corrected chi connectivity index (χ2v) is 9.87. The Kier molecular flexibility index (Phi) is 7.46. The molecule has 1 atom stereocenters. The lowest BCUT2D eigenvalue weighted by Crippen LogP contribution is -2.49. The number of hydrogen-bond donors (Lipinski definition) is 0. The standard InChI is InChI=1S/C33H31N3O4/c37-31(34-19-21-39-22-20-34)24-40-28-17-15-26(16-18-28)32-35(23-25-9-3-1-4-10-25)30-14-8-7-13-29(30)33(38)36(32)27-11-5-2-6-12-27/h1-18,32H,19-24H2/t32-/m1/s1. The molecule has 4 aromatic rings. The van der Waals surface area contributed by atoms with Crippen LogP contribution in [0.25, 0.3) is 0 Å². The molecule has 0 bridgehead atoms. The van der Waals surface area contributed by atoms with E-state index in [0.717, 1.165) is 22.5 Å². The van der Waals surface area contributed by atoms with E-state index in [1.165, 1.54) is 0 Å². The average Bonchev–Trinajstić information content (AvgIpc) is 3.03. The van der Waals surface area contributed by atoms with E-state index in [1.807, 2.05) is 102 Å². The van der Waals surface area contributed by atoms with Crippen LogP contribution in [0.2, 0.25) is 0 Å². The number of rotatable bonds is 7. The minimum absolute atomic E-state index is 0.0229. The largest absolute Gasteiger partial charge is 0.484 e. The molecular formula is C33H31N3O4. The Balaban J connectivity index is 1.34. The van der Waals surface area contributed by atoms with Gasteiger partial charge in [-0.15, -0.1) is 0 Å². The number of para-hydroxylation sites is 2. The molecule has 1 saturated heterocycles. The number of ether oxygens (including phenoxy) is 2. The number of amides is 2. The number of carbonyl (C=O) groups excluding carboxylic acids is 2. The molecule has 0 spiro atoms. The topological polar surface area (TPSA) is 62.3 Å². The smallest absolute Gasteiger partial charge is 0.262 e. The molecule has 2 aliphatic heterocycles. The molecule has 1 fully saturated rings. The minimum atomic E-state index is -0.394. The normalized spacial score (nSPS) is 16.9. The molecule has 4 aromatic carbocycles. The van der Waals surface area contributed by atoms with E-state index in [4.69, 9.17) is 9.47 Å². The molecular weight excluding hydrogens is 502 g/mol. The predicted octanol–water partition coefficient (Wildman–Crippen LogP) is 5.29. The lowest BCUT2D eigenvalue weighted by molar-refractivity contribution is -0.137. The molecule has 40 heavy (non-hydrogen) atoms. The fourth-order valence-electron chi connectivity index (χ4n) is 5.33. The van der Waals surface area contributed by atoms with Gasteiger partial charge in [0.1, 0.15) is 11.9 Å². The van der Waals surface area contributed by atoms with Crippen molar-refractivity contribution >= 4 is 23.2 Å². The molecule has 0 aliphatic carbocycles. The van der Waals surface area contributed by atoms with Crippen molar-refractivity contribution in [3.8, 4) is 5.75 Å². The van der Waals surface area contributed by atoms with Crippen LogP contribution in [-0.4, -0.2) is 49.6 Å². The molecule has 6 rings (SSSR count). The molecule has 2 heterocycles. The maximum absolute atomic E-state index is 14.0. The highest BCUT2D eigenvalue weighted by Crippen LogP contribution is 2.42. The fraction of sp³-hybridized carbons (Fsp3) is 0.212. The Bertz CT molecular complexity index is 1450. The zero-order valence-electron chi connectivity index (χ0n) is 22.2. The Morgan fingerprint density at radius 2 is 1.45 bits per heavy atom. The average molecular weight is 534 g/mol. The first kappa shape index (κ1) is 25.6. The Labute approximate surface area is 234 Å². The molecule has 0 saturated carbocycles. The van der Waals surface area contributed by atoms with Gasteiger partial charge in [0.2, 0.25) is 0 Å². The summed E-state index contributed by atoms with van der Waals surface area (Å²) in [6.07, 6.45) is -0.394. The first-order valence-corrected chi connectivity index (χ1v) is 13.6. The van der Waals surface area contributed by atoms with Crippen molar-refractivity contribution in [3.63, 3.8) is 0 Å². The second kappa shape index (κ2) is 11.6. The van der Waals surface area contributed by atoms with Gasteiger partial charge >= 0.3 is 0 Å². The van der Waals surface area contributed by atoms with Crippen molar-refractivity contribution in [2.75, 3.05) is 42.7 Å². The van der Waals surface area contributed by atoms with Gasteiger partial charge in [0.05, 0.1) is 24.5 Å². The molecule has 7 nitrogen and oxygen atoms in total. The van der Waals surface area contributed by atoms with Gasteiger partial charge in [0.25, 0.3) is 11.8 Å². The van der Waals surface area contributed by atoms with Crippen molar-refractivity contribution in [3.05, 3.63) is 126 Å². The van der Waals surface area contributed by atoms with Crippen LogP contribution in [0.5, 0.6) is 5.75 Å². The number of hydrogen-bond acceptors (Lipinski definition) is 5. The first-order valence-electron chi connectivity index (χ1n) is 13.6. The summed E-state index contributed by atoms with van der Waals surface area (Å²) in [5.41, 5.74) is 4.47. The lowest BCUT2D eigenvalue weighted by atomic mass is 9.99. The molecule has 2 aliphatic rings. The molecule has 0 aromatic heterocycles. The summed E-state index contributed by atoms with van der Waals surface area (Å²) in [7, 11) is 0. The number of anilines is 2. The van der Waals surface area contributed by atoms with E-state index in [2.05, 4.69) is 17.0 Å². The van der Waals surface area contributed by atoms with E-state index in [0.29, 0.717) is 44.2 Å². The summed E-state index contributed by atoms with van der Waals surface area (Å²) in [6.45, 7) is 2.88. The van der Waals surface area contributed by atoms with Gasteiger partial charge in [-0.1, -0.05) is 72.8 Å². The molecule has 7 heteroatoms. The van der Waals surface area contributed by atoms with Gasteiger partial charge in [-0.3, -0.25) is 14.5 Å². The summed E-state index contributed by atoms with van der Waals surface area (Å²) < 4.78 is 11.2. The van der Waals surface area contributed by atoms with E-state index in [-0.39, 0.29) is 18.4 Å². The Hall–Kier alpha value is -4.62.